The van der Waals surface area contributed by atoms with E-state index in [1.807, 2.05) is 55.8 Å². The van der Waals surface area contributed by atoms with Gasteiger partial charge in [0.2, 0.25) is 5.91 Å². The number of rotatable bonds is 5. The maximum atomic E-state index is 12.3. The molecule has 1 N–H and O–H groups in total. The second-order valence-corrected chi connectivity index (χ2v) is 5.99. The van der Waals surface area contributed by atoms with Crippen LogP contribution in [0.25, 0.3) is 0 Å². The van der Waals surface area contributed by atoms with Crippen LogP contribution in [0.3, 0.4) is 0 Å². The van der Waals surface area contributed by atoms with E-state index in [-0.39, 0.29) is 18.0 Å². The van der Waals surface area contributed by atoms with Gasteiger partial charge in [0.1, 0.15) is 0 Å². The normalized spacial score (nSPS) is 13.7. The molecule has 2 atom stereocenters. The Hall–Kier alpha value is -2.10. The van der Waals surface area contributed by atoms with Crippen molar-refractivity contribution in [2.24, 2.45) is 0 Å². The maximum absolute atomic E-state index is 12.3. The van der Waals surface area contributed by atoms with Gasteiger partial charge in [-0.3, -0.25) is 9.48 Å². The Balaban J connectivity index is 1.98. The summed E-state index contributed by atoms with van der Waals surface area (Å²) in [7, 11) is 0. The van der Waals surface area contributed by atoms with Gasteiger partial charge in [-0.2, -0.15) is 5.10 Å². The number of nitrogens with one attached hydrogen (secondary N) is 1. The van der Waals surface area contributed by atoms with Crippen molar-refractivity contribution in [3.05, 3.63) is 52.8 Å². The fraction of sp³-hybridized carbons (Fsp3) is 0.444. The van der Waals surface area contributed by atoms with E-state index in [1.54, 1.807) is 0 Å². The molecule has 0 bridgehead atoms. The van der Waals surface area contributed by atoms with Crippen LogP contribution < -0.4 is 5.32 Å². The van der Waals surface area contributed by atoms with Crippen molar-refractivity contribution >= 4 is 5.91 Å². The molecule has 118 valence electrons. The zero-order chi connectivity index (χ0) is 16.3. The molecule has 2 aromatic rings. The minimum absolute atomic E-state index is 0.0168. The van der Waals surface area contributed by atoms with E-state index >= 15 is 0 Å². The fourth-order valence-corrected chi connectivity index (χ4v) is 2.65. The van der Waals surface area contributed by atoms with Crippen molar-refractivity contribution in [1.82, 2.24) is 15.1 Å². The Labute approximate surface area is 132 Å². The van der Waals surface area contributed by atoms with Crippen LogP contribution >= 0.6 is 0 Å². The lowest BCUT2D eigenvalue weighted by atomic mass is 10.1. The Morgan fingerprint density at radius 1 is 1.18 bits per heavy atom. The highest BCUT2D eigenvalue weighted by atomic mass is 16.1. The number of hydrogen-bond donors (Lipinski definition) is 1. The van der Waals surface area contributed by atoms with Crippen molar-refractivity contribution in [2.75, 3.05) is 0 Å². The van der Waals surface area contributed by atoms with E-state index < -0.39 is 0 Å². The average molecular weight is 299 g/mol. The molecule has 0 radical (unpaired) electrons. The van der Waals surface area contributed by atoms with Gasteiger partial charge in [0.25, 0.3) is 0 Å². The van der Waals surface area contributed by atoms with Crippen LogP contribution in [-0.4, -0.2) is 15.7 Å². The van der Waals surface area contributed by atoms with Crippen LogP contribution in [0.2, 0.25) is 0 Å². The maximum Gasteiger partial charge on any atom is 0.222 e. The summed E-state index contributed by atoms with van der Waals surface area (Å²) in [6, 6.07) is 10.1. The first-order chi connectivity index (χ1) is 10.4. The smallest absolute Gasteiger partial charge is 0.222 e. The molecule has 4 heteroatoms. The predicted molar refractivity (Wildman–Crippen MR) is 88.8 cm³/mol. The zero-order valence-electron chi connectivity index (χ0n) is 14.1. The Kier molecular flexibility index (Phi) is 5.01. The van der Waals surface area contributed by atoms with Crippen molar-refractivity contribution in [3.63, 3.8) is 0 Å². The van der Waals surface area contributed by atoms with Gasteiger partial charge >= 0.3 is 0 Å². The Morgan fingerprint density at radius 2 is 1.82 bits per heavy atom. The SMILES string of the molecule is Cc1nn([C@@H](C)CC(=O)N[C@@H](C)c2ccccc2)c(C)c1C. The van der Waals surface area contributed by atoms with Crippen LogP contribution in [0.5, 0.6) is 0 Å². The minimum atomic E-state index is 0.0168. The molecule has 0 unspecified atom stereocenters. The van der Waals surface area contributed by atoms with Crippen LogP contribution in [0, 0.1) is 20.8 Å². The van der Waals surface area contributed by atoms with Crippen LogP contribution in [0.4, 0.5) is 0 Å². The first kappa shape index (κ1) is 16.3. The molecule has 0 aliphatic heterocycles. The highest BCUT2D eigenvalue weighted by molar-refractivity contribution is 5.76. The number of benzene rings is 1. The molecule has 0 saturated carbocycles. The molecule has 0 aliphatic carbocycles. The molecular weight excluding hydrogens is 274 g/mol. The first-order valence-corrected chi connectivity index (χ1v) is 7.76. The summed E-state index contributed by atoms with van der Waals surface area (Å²) in [6.07, 6.45) is 0.429. The molecule has 1 heterocycles. The topological polar surface area (TPSA) is 46.9 Å². The number of nitrogens with zero attached hydrogens (tertiary/aromatic N) is 2. The van der Waals surface area contributed by atoms with E-state index in [0.29, 0.717) is 6.42 Å². The van der Waals surface area contributed by atoms with Crippen molar-refractivity contribution < 1.29 is 4.79 Å². The Morgan fingerprint density at radius 3 is 2.36 bits per heavy atom. The minimum Gasteiger partial charge on any atom is -0.350 e. The van der Waals surface area contributed by atoms with Gasteiger partial charge in [0.05, 0.1) is 17.8 Å². The lowest BCUT2D eigenvalue weighted by molar-refractivity contribution is -0.122. The summed E-state index contributed by atoms with van der Waals surface area (Å²) in [5, 5.41) is 7.59. The standard InChI is InChI=1S/C18H25N3O/c1-12(21-16(5)13(2)14(3)20-21)11-18(22)19-15(4)17-9-7-6-8-10-17/h6-10,12,15H,11H2,1-5H3,(H,19,22)/t12-,15-/m0/s1. The monoisotopic (exact) mass is 299 g/mol. The molecule has 0 fully saturated rings. The van der Waals surface area contributed by atoms with E-state index in [9.17, 15) is 4.79 Å². The number of aromatic nitrogens is 2. The molecule has 1 aromatic carbocycles. The van der Waals surface area contributed by atoms with Gasteiger partial charge in [-0.25, -0.2) is 0 Å². The highest BCUT2D eigenvalue weighted by Gasteiger charge is 2.17. The number of hydrogen-bond acceptors (Lipinski definition) is 2. The molecule has 4 nitrogen and oxygen atoms in total. The third kappa shape index (κ3) is 3.56. The first-order valence-electron chi connectivity index (χ1n) is 7.76. The second kappa shape index (κ2) is 6.77. The van der Waals surface area contributed by atoms with Crippen molar-refractivity contribution in [3.8, 4) is 0 Å². The van der Waals surface area contributed by atoms with Gasteiger partial charge in [0.15, 0.2) is 0 Å². The van der Waals surface area contributed by atoms with Gasteiger partial charge in [-0.1, -0.05) is 30.3 Å². The van der Waals surface area contributed by atoms with Gasteiger partial charge in [0, 0.05) is 12.1 Å². The average Bonchev–Trinajstić information content (AvgIpc) is 2.75. The number of carbonyl (C=O) groups excluding carboxylic acids is 1. The third-order valence-corrected chi connectivity index (χ3v) is 4.26. The van der Waals surface area contributed by atoms with Gasteiger partial charge < -0.3 is 5.32 Å². The summed E-state index contributed by atoms with van der Waals surface area (Å²) < 4.78 is 1.96. The summed E-state index contributed by atoms with van der Waals surface area (Å²) >= 11 is 0. The molecule has 0 aliphatic rings. The van der Waals surface area contributed by atoms with Crippen molar-refractivity contribution in [1.29, 1.82) is 0 Å². The summed E-state index contributed by atoms with van der Waals surface area (Å²) in [6.45, 7) is 10.2. The van der Waals surface area contributed by atoms with E-state index in [4.69, 9.17) is 0 Å². The summed E-state index contributed by atoms with van der Waals surface area (Å²) in [5.41, 5.74) is 4.48. The van der Waals surface area contributed by atoms with Gasteiger partial charge in [-0.15, -0.1) is 0 Å². The molecular formula is C18H25N3O. The van der Waals surface area contributed by atoms with E-state index in [2.05, 4.69) is 24.3 Å². The third-order valence-electron chi connectivity index (χ3n) is 4.26. The van der Waals surface area contributed by atoms with Crippen LogP contribution in [0.15, 0.2) is 30.3 Å². The number of aryl methyl sites for hydroxylation is 1. The van der Waals surface area contributed by atoms with Gasteiger partial charge in [-0.05, 0) is 45.7 Å². The van der Waals surface area contributed by atoms with E-state index in [1.165, 1.54) is 5.56 Å². The largest absolute Gasteiger partial charge is 0.350 e. The lowest BCUT2D eigenvalue weighted by Gasteiger charge is -2.18. The number of amides is 1. The lowest BCUT2D eigenvalue weighted by Crippen LogP contribution is -2.29. The van der Waals surface area contributed by atoms with Crippen molar-refractivity contribution in [2.45, 2.75) is 53.1 Å². The summed E-state index contributed by atoms with van der Waals surface area (Å²) in [4.78, 5) is 12.3. The number of carbonyl (C=O) groups is 1. The molecule has 1 amide bonds. The quantitative estimate of drug-likeness (QED) is 0.916. The highest BCUT2D eigenvalue weighted by Crippen LogP contribution is 2.19. The predicted octanol–water partition coefficient (Wildman–Crippen LogP) is 3.64. The second-order valence-electron chi connectivity index (χ2n) is 5.99. The molecule has 0 spiro atoms. The molecule has 1 aromatic heterocycles. The molecule has 0 saturated heterocycles. The zero-order valence-corrected chi connectivity index (χ0v) is 14.1. The van der Waals surface area contributed by atoms with E-state index in [0.717, 1.165) is 17.0 Å². The Bertz CT molecular complexity index is 646. The summed E-state index contributed by atoms with van der Waals surface area (Å²) in [5.74, 6) is 0.0501. The molecule has 2 rings (SSSR count). The molecule has 22 heavy (non-hydrogen) atoms. The van der Waals surface area contributed by atoms with Crippen LogP contribution in [0.1, 0.15) is 54.9 Å². The van der Waals surface area contributed by atoms with Crippen LogP contribution in [-0.2, 0) is 4.79 Å². The fourth-order valence-electron chi connectivity index (χ4n) is 2.65.